The van der Waals surface area contributed by atoms with Crippen molar-refractivity contribution in [1.82, 2.24) is 5.32 Å². The molecule has 3 atom stereocenters. The summed E-state index contributed by atoms with van der Waals surface area (Å²) in [5.74, 6) is -0.504. The molecule has 0 heterocycles. The Balaban J connectivity index is 3.74. The van der Waals surface area contributed by atoms with Gasteiger partial charge in [-0.15, -0.1) is 0 Å². The molecule has 1 amide bonds. The lowest BCUT2D eigenvalue weighted by molar-refractivity contribution is -0.131. The van der Waals surface area contributed by atoms with E-state index in [0.29, 0.717) is 6.42 Å². The van der Waals surface area contributed by atoms with E-state index in [0.717, 1.165) is 32.1 Å². The van der Waals surface area contributed by atoms with Crippen molar-refractivity contribution in [3.63, 3.8) is 0 Å². The fraction of sp³-hybridized carbons (Fsp3) is 0.917. The molecule has 3 unspecified atom stereocenters. The number of allylic oxidation sites excluding steroid dienone is 1. The van der Waals surface area contributed by atoms with Crippen LogP contribution in [0.1, 0.15) is 187 Å². The molecule has 0 aliphatic rings. The molecule has 0 radical (unpaired) electrons. The minimum atomic E-state index is -1.09. The molecule has 0 saturated heterocycles. The molecule has 0 aliphatic carbocycles. The molecular weight excluding hydrogens is 510 g/mol. The molecule has 0 saturated carbocycles. The monoisotopic (exact) mass is 582 g/mol. The van der Waals surface area contributed by atoms with Crippen LogP contribution in [0.4, 0.5) is 0 Å². The van der Waals surface area contributed by atoms with Gasteiger partial charge in [0.15, 0.2) is 0 Å². The smallest absolute Gasteiger partial charge is 0.249 e. The summed E-state index contributed by atoms with van der Waals surface area (Å²) in [5.41, 5.74) is 0. The summed E-state index contributed by atoms with van der Waals surface area (Å²) in [6, 6.07) is -0.790. The first-order valence-corrected chi connectivity index (χ1v) is 18.0. The van der Waals surface area contributed by atoms with E-state index in [1.165, 1.54) is 135 Å². The van der Waals surface area contributed by atoms with Gasteiger partial charge in [0, 0.05) is 0 Å². The Kier molecular flexibility index (Phi) is 31.3. The summed E-state index contributed by atoms with van der Waals surface area (Å²) in [6.07, 6.45) is 35.1. The number of hydrogen-bond acceptors (Lipinski definition) is 4. The van der Waals surface area contributed by atoms with Gasteiger partial charge in [-0.2, -0.15) is 0 Å². The van der Waals surface area contributed by atoms with Crippen molar-refractivity contribution in [2.45, 2.75) is 205 Å². The van der Waals surface area contributed by atoms with Crippen molar-refractivity contribution >= 4 is 5.91 Å². The lowest BCUT2D eigenvalue weighted by Gasteiger charge is -2.21. The molecule has 244 valence electrons. The van der Waals surface area contributed by atoms with E-state index in [4.69, 9.17) is 0 Å². The predicted molar refractivity (Wildman–Crippen MR) is 176 cm³/mol. The number of aliphatic hydroxyl groups is 3. The molecule has 0 fully saturated rings. The van der Waals surface area contributed by atoms with Gasteiger partial charge >= 0.3 is 0 Å². The van der Waals surface area contributed by atoms with E-state index < -0.39 is 24.2 Å². The molecule has 0 aromatic heterocycles. The number of unbranched alkanes of at least 4 members (excludes halogenated alkanes) is 24. The topological polar surface area (TPSA) is 89.8 Å². The van der Waals surface area contributed by atoms with Crippen LogP contribution in [-0.2, 0) is 4.79 Å². The van der Waals surface area contributed by atoms with Crippen LogP contribution in [0.5, 0.6) is 0 Å². The second kappa shape index (κ2) is 32.0. The zero-order valence-corrected chi connectivity index (χ0v) is 27.4. The van der Waals surface area contributed by atoms with Crippen LogP contribution >= 0.6 is 0 Å². The van der Waals surface area contributed by atoms with Gasteiger partial charge in [0.25, 0.3) is 0 Å². The van der Waals surface area contributed by atoms with Gasteiger partial charge < -0.3 is 20.6 Å². The first-order chi connectivity index (χ1) is 20.1. The Morgan fingerprint density at radius 3 is 1.34 bits per heavy atom. The van der Waals surface area contributed by atoms with Crippen LogP contribution in [0.3, 0.4) is 0 Å². The minimum absolute atomic E-state index is 0.360. The van der Waals surface area contributed by atoms with Gasteiger partial charge in [-0.25, -0.2) is 0 Å². The second-order valence-electron chi connectivity index (χ2n) is 12.4. The Bertz CT molecular complexity index is 568. The summed E-state index contributed by atoms with van der Waals surface area (Å²) in [5, 5.41) is 32.9. The highest BCUT2D eigenvalue weighted by molar-refractivity contribution is 5.80. The van der Waals surface area contributed by atoms with E-state index in [9.17, 15) is 20.1 Å². The minimum Gasteiger partial charge on any atom is -0.394 e. The predicted octanol–water partition coefficient (Wildman–Crippen LogP) is 9.31. The van der Waals surface area contributed by atoms with E-state index >= 15 is 0 Å². The molecular formula is C36H71NO4. The third kappa shape index (κ3) is 27.7. The molecule has 0 spiro atoms. The lowest BCUT2D eigenvalue weighted by atomic mass is 10.0. The molecule has 0 bridgehead atoms. The molecule has 0 aromatic rings. The molecule has 0 aromatic carbocycles. The Morgan fingerprint density at radius 1 is 0.585 bits per heavy atom. The van der Waals surface area contributed by atoms with Crippen LogP contribution in [0.25, 0.3) is 0 Å². The fourth-order valence-corrected chi connectivity index (χ4v) is 5.48. The Labute approximate surface area is 255 Å². The number of hydrogen-bond donors (Lipinski definition) is 4. The van der Waals surface area contributed by atoms with Crippen LogP contribution in [0.15, 0.2) is 12.2 Å². The quantitative estimate of drug-likeness (QED) is 0.0471. The average molecular weight is 582 g/mol. The number of nitrogens with one attached hydrogen (secondary N) is 1. The van der Waals surface area contributed by atoms with Gasteiger partial charge in [-0.05, 0) is 19.3 Å². The van der Waals surface area contributed by atoms with Crippen molar-refractivity contribution in [3.8, 4) is 0 Å². The van der Waals surface area contributed by atoms with Crippen molar-refractivity contribution in [2.75, 3.05) is 6.61 Å². The summed E-state index contributed by atoms with van der Waals surface area (Å²) in [7, 11) is 0. The van der Waals surface area contributed by atoms with Crippen molar-refractivity contribution in [3.05, 3.63) is 12.2 Å². The number of rotatable bonds is 32. The number of amides is 1. The molecule has 5 nitrogen and oxygen atoms in total. The summed E-state index contributed by atoms with van der Waals surface area (Å²) < 4.78 is 0. The molecule has 5 heteroatoms. The first-order valence-electron chi connectivity index (χ1n) is 18.0. The SMILES string of the molecule is CCCCCCCCCCCCCCCC=CC(O)C(CO)NC(=O)C(O)CCCCCCCCCCCCCC. The summed E-state index contributed by atoms with van der Waals surface area (Å²) in [4.78, 5) is 12.4. The summed E-state index contributed by atoms with van der Waals surface area (Å²) >= 11 is 0. The van der Waals surface area contributed by atoms with Crippen LogP contribution < -0.4 is 5.32 Å². The number of aliphatic hydroxyl groups excluding tert-OH is 3. The van der Waals surface area contributed by atoms with Gasteiger partial charge in [0.2, 0.25) is 5.91 Å². The highest BCUT2D eigenvalue weighted by Crippen LogP contribution is 2.15. The molecule has 4 N–H and O–H groups in total. The van der Waals surface area contributed by atoms with Gasteiger partial charge in [0.1, 0.15) is 6.10 Å². The van der Waals surface area contributed by atoms with E-state index in [-0.39, 0.29) is 6.61 Å². The molecule has 0 rings (SSSR count). The zero-order valence-electron chi connectivity index (χ0n) is 27.4. The number of carbonyl (C=O) groups excluding carboxylic acids is 1. The third-order valence-corrected chi connectivity index (χ3v) is 8.38. The maximum absolute atomic E-state index is 12.4. The second-order valence-corrected chi connectivity index (χ2v) is 12.4. The fourth-order valence-electron chi connectivity index (χ4n) is 5.48. The Hall–Kier alpha value is -0.910. The van der Waals surface area contributed by atoms with E-state index in [1.54, 1.807) is 6.08 Å². The summed E-state index contributed by atoms with van der Waals surface area (Å²) in [6.45, 7) is 4.16. The van der Waals surface area contributed by atoms with Crippen LogP contribution in [0, 0.1) is 0 Å². The van der Waals surface area contributed by atoms with Gasteiger partial charge in [-0.3, -0.25) is 4.79 Å². The molecule has 0 aliphatic heterocycles. The lowest BCUT2D eigenvalue weighted by Crippen LogP contribution is -2.48. The largest absolute Gasteiger partial charge is 0.394 e. The van der Waals surface area contributed by atoms with Crippen LogP contribution in [-0.4, -0.2) is 46.1 Å². The van der Waals surface area contributed by atoms with Crippen molar-refractivity contribution in [2.24, 2.45) is 0 Å². The zero-order chi connectivity index (χ0) is 30.2. The molecule has 41 heavy (non-hydrogen) atoms. The van der Waals surface area contributed by atoms with E-state index in [1.807, 2.05) is 6.08 Å². The van der Waals surface area contributed by atoms with Gasteiger partial charge in [-0.1, -0.05) is 180 Å². The van der Waals surface area contributed by atoms with Crippen molar-refractivity contribution < 1.29 is 20.1 Å². The standard InChI is InChI=1S/C36H71NO4/c1-3-5-7-9-11-13-15-17-18-19-21-22-24-26-28-30-34(39)33(32-38)37-36(41)35(40)31-29-27-25-23-20-16-14-12-10-8-6-4-2/h28,30,33-35,38-40H,3-27,29,31-32H2,1-2H3,(H,37,41). The third-order valence-electron chi connectivity index (χ3n) is 8.38. The maximum atomic E-state index is 12.4. The van der Waals surface area contributed by atoms with E-state index in [2.05, 4.69) is 19.2 Å². The van der Waals surface area contributed by atoms with Crippen molar-refractivity contribution in [1.29, 1.82) is 0 Å². The average Bonchev–Trinajstić information content (AvgIpc) is 2.98. The number of carbonyl (C=O) groups is 1. The highest BCUT2D eigenvalue weighted by Gasteiger charge is 2.22. The highest BCUT2D eigenvalue weighted by atomic mass is 16.3. The normalized spacial score (nSPS) is 14.0. The van der Waals surface area contributed by atoms with Crippen LogP contribution in [0.2, 0.25) is 0 Å². The Morgan fingerprint density at radius 2 is 0.951 bits per heavy atom. The maximum Gasteiger partial charge on any atom is 0.249 e. The first kappa shape index (κ1) is 40.1. The van der Waals surface area contributed by atoms with Gasteiger partial charge in [0.05, 0.1) is 18.8 Å².